The Morgan fingerprint density at radius 1 is 0.481 bits per heavy atom. The Kier molecular flexibility index (Phi) is 9.20. The monoisotopic (exact) mass is 707 g/mol. The Hall–Kier alpha value is -4.88. The minimum Gasteiger partial charge on any atom is -0.310 e. The molecule has 1 saturated carbocycles. The van der Waals surface area contributed by atoms with Gasteiger partial charge in [-0.2, -0.15) is 0 Å². The van der Waals surface area contributed by atoms with Crippen molar-refractivity contribution in [3.05, 3.63) is 161 Å². The summed E-state index contributed by atoms with van der Waals surface area (Å²) in [7, 11) is 0. The summed E-state index contributed by atoms with van der Waals surface area (Å²) in [6.45, 7) is 18.7. The van der Waals surface area contributed by atoms with E-state index in [0.717, 1.165) is 0 Å². The molecule has 2 aliphatic rings. The smallest absolute Gasteiger partial charge is 0.0496 e. The highest BCUT2D eigenvalue weighted by Gasteiger charge is 2.36. The second-order valence-electron chi connectivity index (χ2n) is 18.6. The van der Waals surface area contributed by atoms with Crippen molar-refractivity contribution < 1.29 is 0 Å². The van der Waals surface area contributed by atoms with Crippen LogP contribution in [-0.2, 0) is 16.2 Å². The first-order chi connectivity index (χ1) is 25.8. The van der Waals surface area contributed by atoms with Gasteiger partial charge < -0.3 is 4.90 Å². The lowest BCUT2D eigenvalue weighted by molar-refractivity contribution is 0.444. The van der Waals surface area contributed by atoms with Gasteiger partial charge in [0, 0.05) is 22.5 Å². The number of rotatable bonds is 6. The molecule has 0 atom stereocenters. The SMILES string of the molecule is CC(C)(C)c1cc(-c2ccc(N(c3ccc4c(c3)C(C)(C)c3ccccc3-4)c3ccc(-c4ccccc4)cc3C3CCCCC3)cc2)cc(C(C)(C)C)c1. The molecule has 1 nitrogen and oxygen atoms in total. The number of hydrogen-bond donors (Lipinski definition) is 0. The zero-order valence-electron chi connectivity index (χ0n) is 33.8. The Morgan fingerprint density at radius 2 is 1.06 bits per heavy atom. The van der Waals surface area contributed by atoms with Gasteiger partial charge in [0.1, 0.15) is 0 Å². The van der Waals surface area contributed by atoms with Crippen LogP contribution in [0.25, 0.3) is 33.4 Å². The summed E-state index contributed by atoms with van der Waals surface area (Å²) in [5.41, 5.74) is 18.7. The number of nitrogens with zero attached hydrogens (tertiary/aromatic N) is 1. The summed E-state index contributed by atoms with van der Waals surface area (Å²) in [5, 5.41) is 0. The van der Waals surface area contributed by atoms with E-state index in [2.05, 4.69) is 194 Å². The average Bonchev–Trinajstić information content (AvgIpc) is 3.40. The van der Waals surface area contributed by atoms with Gasteiger partial charge in [0.05, 0.1) is 0 Å². The van der Waals surface area contributed by atoms with Crippen molar-refractivity contribution >= 4 is 17.1 Å². The molecule has 2 aliphatic carbocycles. The summed E-state index contributed by atoms with van der Waals surface area (Å²) in [4.78, 5) is 2.56. The first-order valence-corrected chi connectivity index (χ1v) is 20.3. The maximum Gasteiger partial charge on any atom is 0.0496 e. The lowest BCUT2D eigenvalue weighted by Crippen LogP contribution is -2.18. The molecule has 0 radical (unpaired) electrons. The van der Waals surface area contributed by atoms with Crippen molar-refractivity contribution in [2.45, 2.75) is 110 Å². The average molecular weight is 708 g/mol. The highest BCUT2D eigenvalue weighted by molar-refractivity contribution is 5.87. The lowest BCUT2D eigenvalue weighted by Gasteiger charge is -2.33. The normalized spacial score (nSPS) is 15.5. The molecule has 0 heterocycles. The third kappa shape index (κ3) is 6.72. The predicted octanol–water partition coefficient (Wildman–Crippen LogP) is 15.4. The second kappa shape index (κ2) is 13.8. The highest BCUT2D eigenvalue weighted by Crippen LogP contribution is 2.52. The van der Waals surface area contributed by atoms with E-state index in [-0.39, 0.29) is 16.2 Å². The van der Waals surface area contributed by atoms with Crippen LogP contribution in [0.1, 0.15) is 121 Å². The first kappa shape index (κ1) is 36.1. The van der Waals surface area contributed by atoms with Gasteiger partial charge in [-0.05, 0) is 127 Å². The Balaban J connectivity index is 1.30. The molecule has 6 aromatic carbocycles. The first-order valence-electron chi connectivity index (χ1n) is 20.3. The molecule has 54 heavy (non-hydrogen) atoms. The molecule has 6 aromatic rings. The lowest BCUT2D eigenvalue weighted by atomic mass is 9.79. The van der Waals surface area contributed by atoms with Crippen molar-refractivity contribution in [3.63, 3.8) is 0 Å². The fourth-order valence-corrected chi connectivity index (χ4v) is 9.03. The molecule has 0 aromatic heterocycles. The van der Waals surface area contributed by atoms with Crippen LogP contribution in [0, 0.1) is 0 Å². The number of benzene rings is 6. The van der Waals surface area contributed by atoms with Crippen molar-refractivity contribution in [2.24, 2.45) is 0 Å². The summed E-state index contributed by atoms with van der Waals surface area (Å²) in [5.74, 6) is 0.533. The molecule has 0 N–H and O–H groups in total. The zero-order valence-corrected chi connectivity index (χ0v) is 33.8. The van der Waals surface area contributed by atoms with Gasteiger partial charge in [0.25, 0.3) is 0 Å². The maximum atomic E-state index is 2.56. The number of fused-ring (bicyclic) bond motifs is 3. The number of anilines is 3. The molecule has 0 bridgehead atoms. The van der Waals surface area contributed by atoms with Crippen LogP contribution < -0.4 is 4.90 Å². The van der Waals surface area contributed by atoms with Gasteiger partial charge in [-0.1, -0.05) is 172 Å². The Bertz CT molecular complexity index is 2250. The zero-order chi connectivity index (χ0) is 37.8. The number of hydrogen-bond acceptors (Lipinski definition) is 1. The van der Waals surface area contributed by atoms with Gasteiger partial charge >= 0.3 is 0 Å². The Morgan fingerprint density at radius 3 is 1.72 bits per heavy atom. The van der Waals surface area contributed by atoms with Crippen LogP contribution >= 0.6 is 0 Å². The van der Waals surface area contributed by atoms with Crippen molar-refractivity contribution in [2.75, 3.05) is 4.90 Å². The van der Waals surface area contributed by atoms with E-state index in [1.165, 1.54) is 110 Å². The Labute approximate surface area is 325 Å². The van der Waals surface area contributed by atoms with Crippen LogP contribution in [0.3, 0.4) is 0 Å². The third-order valence-electron chi connectivity index (χ3n) is 12.4. The molecule has 1 heteroatoms. The fourth-order valence-electron chi connectivity index (χ4n) is 9.03. The summed E-state index contributed by atoms with van der Waals surface area (Å²) >= 11 is 0. The standard InChI is InChI=1S/C53H57N/c1-51(2,3)41-31-40(32-42(34-41)52(4,5)6)37-23-26-43(27-24-37)54(44-28-29-46-45-21-15-16-22-48(45)53(7,8)49(46)35-44)50-30-25-39(36-17-11-9-12-18-36)33-47(50)38-19-13-10-14-20-38/h9,11-12,15-18,21-35,38H,10,13-14,19-20H2,1-8H3. The van der Waals surface area contributed by atoms with Gasteiger partial charge in [-0.25, -0.2) is 0 Å². The van der Waals surface area contributed by atoms with E-state index >= 15 is 0 Å². The molecule has 274 valence electrons. The molecule has 8 rings (SSSR count). The van der Waals surface area contributed by atoms with Gasteiger partial charge in [0.15, 0.2) is 0 Å². The van der Waals surface area contributed by atoms with E-state index < -0.39 is 0 Å². The topological polar surface area (TPSA) is 3.24 Å². The van der Waals surface area contributed by atoms with Crippen molar-refractivity contribution in [3.8, 4) is 33.4 Å². The van der Waals surface area contributed by atoms with Gasteiger partial charge in [-0.15, -0.1) is 0 Å². The molecule has 1 fully saturated rings. The van der Waals surface area contributed by atoms with Crippen LogP contribution in [0.2, 0.25) is 0 Å². The highest BCUT2D eigenvalue weighted by atomic mass is 15.1. The molecule has 0 unspecified atom stereocenters. The molecular formula is C53H57N. The second-order valence-corrected chi connectivity index (χ2v) is 18.6. The van der Waals surface area contributed by atoms with E-state index in [9.17, 15) is 0 Å². The molecule has 0 spiro atoms. The largest absolute Gasteiger partial charge is 0.310 e. The minimum atomic E-state index is -0.0797. The van der Waals surface area contributed by atoms with E-state index in [4.69, 9.17) is 0 Å². The van der Waals surface area contributed by atoms with E-state index in [1.54, 1.807) is 0 Å². The molecule has 0 amide bonds. The maximum absolute atomic E-state index is 2.56. The molecule has 0 saturated heterocycles. The van der Waals surface area contributed by atoms with Gasteiger partial charge in [0.2, 0.25) is 0 Å². The summed E-state index contributed by atoms with van der Waals surface area (Å²) in [6, 6.07) is 51.0. The van der Waals surface area contributed by atoms with Crippen LogP contribution in [0.4, 0.5) is 17.1 Å². The minimum absolute atomic E-state index is 0.0647. The summed E-state index contributed by atoms with van der Waals surface area (Å²) < 4.78 is 0. The molecular weight excluding hydrogens is 651 g/mol. The predicted molar refractivity (Wildman–Crippen MR) is 233 cm³/mol. The fraction of sp³-hybridized carbons (Fsp3) is 0.321. The van der Waals surface area contributed by atoms with Crippen LogP contribution in [-0.4, -0.2) is 0 Å². The van der Waals surface area contributed by atoms with Gasteiger partial charge in [-0.3, -0.25) is 0 Å². The third-order valence-corrected chi connectivity index (χ3v) is 12.4. The van der Waals surface area contributed by atoms with Crippen molar-refractivity contribution in [1.82, 2.24) is 0 Å². The summed E-state index contributed by atoms with van der Waals surface area (Å²) in [6.07, 6.45) is 6.41. The quantitative estimate of drug-likeness (QED) is 0.167. The van der Waals surface area contributed by atoms with Crippen LogP contribution in [0.5, 0.6) is 0 Å². The molecule has 0 aliphatic heterocycles. The van der Waals surface area contributed by atoms with Crippen LogP contribution in [0.15, 0.2) is 133 Å². The van der Waals surface area contributed by atoms with E-state index in [0.29, 0.717) is 5.92 Å². The van der Waals surface area contributed by atoms with Crippen molar-refractivity contribution in [1.29, 1.82) is 0 Å². The van der Waals surface area contributed by atoms with E-state index in [1.807, 2.05) is 0 Å².